The first-order valence-electron chi connectivity index (χ1n) is 5.60. The molecule has 2 unspecified atom stereocenters. The van der Waals surface area contributed by atoms with Crippen LogP contribution in [-0.2, 0) is 0 Å². The Labute approximate surface area is 99.1 Å². The van der Waals surface area contributed by atoms with E-state index in [-0.39, 0.29) is 17.4 Å². The van der Waals surface area contributed by atoms with E-state index >= 15 is 0 Å². The molecule has 0 radical (unpaired) electrons. The van der Waals surface area contributed by atoms with Gasteiger partial charge in [-0.3, -0.25) is 9.59 Å². The predicted molar refractivity (Wildman–Crippen MR) is 62.8 cm³/mol. The van der Waals surface area contributed by atoms with E-state index in [1.165, 1.54) is 18.3 Å². The van der Waals surface area contributed by atoms with E-state index < -0.39 is 5.60 Å². The number of carbonyl (C=O) groups excluding carboxylic acids is 1. The normalized spacial score (nSPS) is 28.4. The van der Waals surface area contributed by atoms with Crippen molar-refractivity contribution in [3.05, 3.63) is 34.2 Å². The van der Waals surface area contributed by atoms with E-state index in [9.17, 15) is 14.7 Å². The summed E-state index contributed by atoms with van der Waals surface area (Å²) in [7, 11) is 0. The molecule has 2 rings (SSSR count). The monoisotopic (exact) mass is 236 g/mol. The Balaban J connectivity index is 2.17. The van der Waals surface area contributed by atoms with Gasteiger partial charge in [0.1, 0.15) is 0 Å². The highest BCUT2D eigenvalue weighted by atomic mass is 16.3. The highest BCUT2D eigenvalue weighted by molar-refractivity contribution is 5.94. The van der Waals surface area contributed by atoms with Gasteiger partial charge in [0.15, 0.2) is 0 Å². The predicted octanol–water partition coefficient (Wildman–Crippen LogP) is 0.218. The molecule has 5 nitrogen and oxygen atoms in total. The number of hydrogen-bond acceptors (Lipinski definition) is 3. The van der Waals surface area contributed by atoms with Crippen molar-refractivity contribution >= 4 is 5.91 Å². The maximum Gasteiger partial charge on any atom is 0.255 e. The van der Waals surface area contributed by atoms with Crippen LogP contribution in [0.1, 0.15) is 24.2 Å². The molecule has 0 aromatic carbocycles. The Morgan fingerprint density at radius 2 is 2.29 bits per heavy atom. The number of aliphatic hydroxyl groups is 1. The molecule has 17 heavy (non-hydrogen) atoms. The largest absolute Gasteiger partial charge is 0.388 e. The molecule has 1 aromatic rings. The van der Waals surface area contributed by atoms with Crippen LogP contribution in [0.3, 0.4) is 0 Å². The maximum absolute atomic E-state index is 12.1. The lowest BCUT2D eigenvalue weighted by Gasteiger charge is -2.20. The van der Waals surface area contributed by atoms with Crippen molar-refractivity contribution in [1.29, 1.82) is 0 Å². The molecule has 0 spiro atoms. The molecular formula is C12H16N2O3. The quantitative estimate of drug-likeness (QED) is 0.732. The average Bonchev–Trinajstić information content (AvgIpc) is 2.54. The van der Waals surface area contributed by atoms with Gasteiger partial charge in [0.2, 0.25) is 5.56 Å². The maximum atomic E-state index is 12.1. The van der Waals surface area contributed by atoms with E-state index in [0.717, 1.165) is 0 Å². The van der Waals surface area contributed by atoms with Crippen molar-refractivity contribution in [2.45, 2.75) is 19.4 Å². The van der Waals surface area contributed by atoms with Crippen molar-refractivity contribution in [3.63, 3.8) is 0 Å². The molecule has 2 atom stereocenters. The van der Waals surface area contributed by atoms with Crippen LogP contribution < -0.4 is 5.56 Å². The third-order valence-electron chi connectivity index (χ3n) is 3.39. The lowest BCUT2D eigenvalue weighted by atomic mass is 9.95. The van der Waals surface area contributed by atoms with Crippen LogP contribution in [0.4, 0.5) is 0 Å². The van der Waals surface area contributed by atoms with Crippen LogP contribution >= 0.6 is 0 Å². The summed E-state index contributed by atoms with van der Waals surface area (Å²) in [4.78, 5) is 27.1. The number of aromatic nitrogens is 1. The topological polar surface area (TPSA) is 73.4 Å². The minimum atomic E-state index is -0.835. The molecule has 92 valence electrons. The summed E-state index contributed by atoms with van der Waals surface area (Å²) in [6, 6.07) is 2.82. The fourth-order valence-electron chi connectivity index (χ4n) is 2.01. The molecule has 1 aromatic heterocycles. The van der Waals surface area contributed by atoms with E-state index in [4.69, 9.17) is 0 Å². The van der Waals surface area contributed by atoms with Gasteiger partial charge in [-0.25, -0.2) is 0 Å². The number of carbonyl (C=O) groups is 1. The molecular weight excluding hydrogens is 220 g/mol. The SMILES string of the molecule is CC1CN(C(=O)c2ccc(=O)[nH]c2)CC1(C)O. The zero-order valence-electron chi connectivity index (χ0n) is 9.93. The third-order valence-corrected chi connectivity index (χ3v) is 3.39. The second-order valence-corrected chi connectivity index (χ2v) is 4.89. The number of nitrogens with one attached hydrogen (secondary N) is 1. The molecule has 0 saturated carbocycles. The van der Waals surface area contributed by atoms with Gasteiger partial charge in [-0.15, -0.1) is 0 Å². The van der Waals surface area contributed by atoms with Gasteiger partial charge in [-0.2, -0.15) is 0 Å². The molecule has 0 aliphatic carbocycles. The second kappa shape index (κ2) is 4.00. The minimum absolute atomic E-state index is 0.0502. The molecule has 2 heterocycles. The Bertz CT molecular complexity index is 472. The van der Waals surface area contributed by atoms with E-state index in [1.54, 1.807) is 11.8 Å². The number of pyridine rings is 1. The van der Waals surface area contributed by atoms with Gasteiger partial charge in [0.05, 0.1) is 11.2 Å². The summed E-state index contributed by atoms with van der Waals surface area (Å²) >= 11 is 0. The van der Waals surface area contributed by atoms with Gasteiger partial charge < -0.3 is 15.0 Å². The van der Waals surface area contributed by atoms with E-state index in [1.807, 2.05) is 6.92 Å². The van der Waals surface area contributed by atoms with Crippen molar-refractivity contribution in [3.8, 4) is 0 Å². The number of hydrogen-bond donors (Lipinski definition) is 2. The summed E-state index contributed by atoms with van der Waals surface area (Å²) in [5, 5.41) is 10.0. The average molecular weight is 236 g/mol. The number of H-pyrrole nitrogens is 1. The first kappa shape index (κ1) is 11.9. The number of β-amino-alcohol motifs (C(OH)–C–C–N with tert-alkyl or cyclic N) is 1. The zero-order chi connectivity index (χ0) is 12.6. The third kappa shape index (κ3) is 2.24. The molecule has 2 N–H and O–H groups in total. The Hall–Kier alpha value is -1.62. The molecule has 0 bridgehead atoms. The fraction of sp³-hybridized carbons (Fsp3) is 0.500. The number of likely N-dealkylation sites (tertiary alicyclic amines) is 1. The number of nitrogens with zero attached hydrogens (tertiary/aromatic N) is 1. The van der Waals surface area contributed by atoms with E-state index in [2.05, 4.69) is 4.98 Å². The first-order chi connectivity index (χ1) is 7.90. The number of rotatable bonds is 1. The van der Waals surface area contributed by atoms with Crippen LogP contribution in [0.5, 0.6) is 0 Å². The summed E-state index contributed by atoms with van der Waals surface area (Å²) in [6.45, 7) is 4.51. The zero-order valence-corrected chi connectivity index (χ0v) is 9.93. The van der Waals surface area contributed by atoms with Crippen LogP contribution in [0.15, 0.2) is 23.1 Å². The summed E-state index contributed by atoms with van der Waals surface area (Å²) < 4.78 is 0. The Morgan fingerprint density at radius 3 is 2.76 bits per heavy atom. The Kier molecular flexibility index (Phi) is 2.79. The molecule has 5 heteroatoms. The highest BCUT2D eigenvalue weighted by Crippen LogP contribution is 2.27. The molecule has 1 aliphatic heterocycles. The van der Waals surface area contributed by atoms with Gasteiger partial charge in [0, 0.05) is 31.3 Å². The van der Waals surface area contributed by atoms with Gasteiger partial charge in [-0.1, -0.05) is 6.92 Å². The second-order valence-electron chi connectivity index (χ2n) is 4.89. The van der Waals surface area contributed by atoms with Gasteiger partial charge in [-0.05, 0) is 13.0 Å². The lowest BCUT2D eigenvalue weighted by Crippen LogP contribution is -2.35. The van der Waals surface area contributed by atoms with Gasteiger partial charge >= 0.3 is 0 Å². The number of amides is 1. The molecule has 1 aliphatic rings. The standard InChI is InChI=1S/C12H16N2O3/c1-8-6-14(7-12(8,2)17)11(16)9-3-4-10(15)13-5-9/h3-5,8,17H,6-7H2,1-2H3,(H,13,15). The molecule has 1 amide bonds. The van der Waals surface area contributed by atoms with E-state index in [0.29, 0.717) is 18.7 Å². The summed E-state index contributed by atoms with van der Waals surface area (Å²) in [5.74, 6) is -0.111. The van der Waals surface area contributed by atoms with Crippen LogP contribution in [0, 0.1) is 5.92 Å². The Morgan fingerprint density at radius 1 is 1.59 bits per heavy atom. The van der Waals surface area contributed by atoms with Crippen molar-refractivity contribution < 1.29 is 9.90 Å². The summed E-state index contributed by atoms with van der Waals surface area (Å²) in [6.07, 6.45) is 1.41. The van der Waals surface area contributed by atoms with Crippen molar-refractivity contribution in [1.82, 2.24) is 9.88 Å². The van der Waals surface area contributed by atoms with Crippen molar-refractivity contribution in [2.24, 2.45) is 5.92 Å². The number of aromatic amines is 1. The summed E-state index contributed by atoms with van der Waals surface area (Å²) in [5.41, 5.74) is -0.629. The van der Waals surface area contributed by atoms with Gasteiger partial charge in [0.25, 0.3) is 5.91 Å². The first-order valence-corrected chi connectivity index (χ1v) is 5.60. The van der Waals surface area contributed by atoms with Crippen LogP contribution in [0.25, 0.3) is 0 Å². The van der Waals surface area contributed by atoms with Crippen molar-refractivity contribution in [2.75, 3.05) is 13.1 Å². The molecule has 1 saturated heterocycles. The van der Waals surface area contributed by atoms with Crippen LogP contribution in [0.2, 0.25) is 0 Å². The smallest absolute Gasteiger partial charge is 0.255 e. The fourth-order valence-corrected chi connectivity index (χ4v) is 2.01. The lowest BCUT2D eigenvalue weighted by molar-refractivity contribution is 0.0351. The van der Waals surface area contributed by atoms with Crippen LogP contribution in [-0.4, -0.2) is 39.6 Å². The minimum Gasteiger partial charge on any atom is -0.388 e. The highest BCUT2D eigenvalue weighted by Gasteiger charge is 2.40. The molecule has 1 fully saturated rings.